The number of piperazine rings is 1. The lowest BCUT2D eigenvalue weighted by molar-refractivity contribution is -0.385. The second kappa shape index (κ2) is 6.67. The van der Waals surface area contributed by atoms with Gasteiger partial charge < -0.3 is 10.2 Å². The summed E-state index contributed by atoms with van der Waals surface area (Å²) in [6, 6.07) is 4.74. The molecule has 2 rings (SSSR count). The molecule has 1 aromatic rings. The number of amides is 1. The Morgan fingerprint density at radius 3 is 2.80 bits per heavy atom. The van der Waals surface area contributed by atoms with Crippen molar-refractivity contribution in [3.8, 4) is 0 Å². The van der Waals surface area contributed by atoms with Crippen LogP contribution in [0.2, 0.25) is 0 Å². The topological polar surface area (TPSA) is 75.5 Å². The van der Waals surface area contributed by atoms with Gasteiger partial charge in [-0.05, 0) is 19.9 Å². The number of aryl methyl sites for hydroxylation is 1. The highest BCUT2D eigenvalue weighted by atomic mass is 35.5. The Labute approximate surface area is 123 Å². The summed E-state index contributed by atoms with van der Waals surface area (Å²) in [7, 11) is 0. The van der Waals surface area contributed by atoms with Crippen LogP contribution in [0.15, 0.2) is 18.2 Å². The zero-order chi connectivity index (χ0) is 14.0. The van der Waals surface area contributed by atoms with Crippen molar-refractivity contribution in [2.75, 3.05) is 19.6 Å². The summed E-state index contributed by atoms with van der Waals surface area (Å²) < 4.78 is 0. The average molecular weight is 300 g/mol. The molecule has 1 fully saturated rings. The molecule has 0 aliphatic carbocycles. The van der Waals surface area contributed by atoms with Gasteiger partial charge in [0.1, 0.15) is 0 Å². The van der Waals surface area contributed by atoms with E-state index in [2.05, 4.69) is 5.32 Å². The van der Waals surface area contributed by atoms with E-state index in [-0.39, 0.29) is 30.0 Å². The van der Waals surface area contributed by atoms with E-state index in [1.165, 1.54) is 6.07 Å². The lowest BCUT2D eigenvalue weighted by atomic mass is 10.1. The Morgan fingerprint density at radius 1 is 1.50 bits per heavy atom. The van der Waals surface area contributed by atoms with Gasteiger partial charge in [-0.3, -0.25) is 14.9 Å². The maximum absolute atomic E-state index is 12.4. The molecule has 0 spiro atoms. The monoisotopic (exact) mass is 299 g/mol. The van der Waals surface area contributed by atoms with Crippen LogP contribution in [0.5, 0.6) is 0 Å². The minimum Gasteiger partial charge on any atom is -0.333 e. The van der Waals surface area contributed by atoms with Crippen molar-refractivity contribution in [2.24, 2.45) is 0 Å². The molecule has 1 atom stereocenters. The second-order valence-corrected chi connectivity index (χ2v) is 4.81. The van der Waals surface area contributed by atoms with Gasteiger partial charge in [0.25, 0.3) is 11.6 Å². The summed E-state index contributed by atoms with van der Waals surface area (Å²) in [5.74, 6) is -0.142. The third-order valence-electron chi connectivity index (χ3n) is 3.41. The normalized spacial score (nSPS) is 18.3. The van der Waals surface area contributed by atoms with E-state index in [0.29, 0.717) is 17.7 Å². The molecule has 0 saturated carbocycles. The Hall–Kier alpha value is -1.66. The van der Waals surface area contributed by atoms with Crippen LogP contribution in [0.1, 0.15) is 22.8 Å². The highest BCUT2D eigenvalue weighted by Crippen LogP contribution is 2.21. The van der Waals surface area contributed by atoms with Crippen LogP contribution < -0.4 is 5.32 Å². The second-order valence-electron chi connectivity index (χ2n) is 4.81. The zero-order valence-corrected chi connectivity index (χ0v) is 12.3. The van der Waals surface area contributed by atoms with Crippen molar-refractivity contribution in [3.63, 3.8) is 0 Å². The van der Waals surface area contributed by atoms with Gasteiger partial charge in [-0.15, -0.1) is 12.4 Å². The summed E-state index contributed by atoms with van der Waals surface area (Å²) in [5, 5.41) is 14.1. The molecule has 1 heterocycles. The molecule has 110 valence electrons. The van der Waals surface area contributed by atoms with E-state index in [9.17, 15) is 14.9 Å². The Kier molecular flexibility index (Phi) is 5.47. The highest BCUT2D eigenvalue weighted by molar-refractivity contribution is 5.95. The zero-order valence-electron chi connectivity index (χ0n) is 11.5. The van der Waals surface area contributed by atoms with Gasteiger partial charge in [0.15, 0.2) is 0 Å². The number of nitro groups is 1. The molecular weight excluding hydrogens is 282 g/mol. The Bertz CT molecular complexity index is 522. The van der Waals surface area contributed by atoms with Crippen LogP contribution >= 0.6 is 12.4 Å². The predicted octanol–water partition coefficient (Wildman–Crippen LogP) is 1.76. The summed E-state index contributed by atoms with van der Waals surface area (Å²) in [4.78, 5) is 24.6. The van der Waals surface area contributed by atoms with Crippen LogP contribution in [0.3, 0.4) is 0 Å². The number of nitro benzene ring substituents is 1. The maximum Gasteiger partial charge on any atom is 0.273 e. The smallest absolute Gasteiger partial charge is 0.273 e. The summed E-state index contributed by atoms with van der Waals surface area (Å²) in [5.41, 5.74) is 0.939. The maximum atomic E-state index is 12.4. The molecule has 1 unspecified atom stereocenters. The first kappa shape index (κ1) is 16.4. The number of nitrogens with one attached hydrogen (secondary N) is 1. The lowest BCUT2D eigenvalue weighted by Gasteiger charge is -2.34. The van der Waals surface area contributed by atoms with E-state index >= 15 is 0 Å². The van der Waals surface area contributed by atoms with E-state index in [0.717, 1.165) is 13.1 Å². The molecule has 1 amide bonds. The first-order valence-corrected chi connectivity index (χ1v) is 6.27. The van der Waals surface area contributed by atoms with Crippen molar-refractivity contribution in [3.05, 3.63) is 39.4 Å². The number of rotatable bonds is 2. The third-order valence-corrected chi connectivity index (χ3v) is 3.41. The molecule has 6 nitrogen and oxygen atoms in total. The van der Waals surface area contributed by atoms with Gasteiger partial charge in [-0.2, -0.15) is 0 Å². The first-order chi connectivity index (χ1) is 9.00. The number of nitrogens with zero attached hydrogens (tertiary/aromatic N) is 2. The number of carbonyl (C=O) groups excluding carboxylic acids is 1. The first-order valence-electron chi connectivity index (χ1n) is 6.27. The largest absolute Gasteiger partial charge is 0.333 e. The van der Waals surface area contributed by atoms with Crippen LogP contribution in [0.25, 0.3) is 0 Å². The minimum absolute atomic E-state index is 0. The number of hydrogen-bond donors (Lipinski definition) is 1. The molecular formula is C13H18ClN3O3. The van der Waals surface area contributed by atoms with Gasteiger partial charge >= 0.3 is 0 Å². The predicted molar refractivity (Wildman–Crippen MR) is 78.4 cm³/mol. The van der Waals surface area contributed by atoms with Crippen LogP contribution in [-0.2, 0) is 0 Å². The van der Waals surface area contributed by atoms with Gasteiger partial charge in [0.2, 0.25) is 0 Å². The quantitative estimate of drug-likeness (QED) is 0.667. The number of halogens is 1. The van der Waals surface area contributed by atoms with Gasteiger partial charge in [0.05, 0.1) is 4.92 Å². The van der Waals surface area contributed by atoms with Crippen molar-refractivity contribution < 1.29 is 9.72 Å². The Morgan fingerprint density at radius 2 is 2.20 bits per heavy atom. The summed E-state index contributed by atoms with van der Waals surface area (Å²) >= 11 is 0. The van der Waals surface area contributed by atoms with Gasteiger partial charge in [-0.25, -0.2) is 0 Å². The summed E-state index contributed by atoms with van der Waals surface area (Å²) in [6.45, 7) is 5.76. The minimum atomic E-state index is -0.451. The molecule has 7 heteroatoms. The molecule has 1 aliphatic rings. The molecule has 0 aromatic heterocycles. The number of benzene rings is 1. The molecule has 1 N–H and O–H groups in total. The van der Waals surface area contributed by atoms with Crippen LogP contribution in [0, 0.1) is 17.0 Å². The van der Waals surface area contributed by atoms with Crippen molar-refractivity contribution in [1.29, 1.82) is 0 Å². The van der Waals surface area contributed by atoms with Crippen molar-refractivity contribution >= 4 is 24.0 Å². The molecule has 0 bridgehead atoms. The Balaban J connectivity index is 0.00000200. The van der Waals surface area contributed by atoms with E-state index < -0.39 is 4.92 Å². The van der Waals surface area contributed by atoms with Crippen molar-refractivity contribution in [2.45, 2.75) is 19.9 Å². The van der Waals surface area contributed by atoms with Crippen LogP contribution in [-0.4, -0.2) is 41.4 Å². The highest BCUT2D eigenvalue weighted by Gasteiger charge is 2.25. The molecule has 1 aromatic carbocycles. The van der Waals surface area contributed by atoms with E-state index in [1.807, 2.05) is 6.92 Å². The molecule has 1 saturated heterocycles. The lowest BCUT2D eigenvalue weighted by Crippen LogP contribution is -2.52. The number of carbonyl (C=O) groups is 1. The van der Waals surface area contributed by atoms with E-state index in [1.54, 1.807) is 24.0 Å². The molecule has 0 radical (unpaired) electrons. The van der Waals surface area contributed by atoms with Crippen molar-refractivity contribution in [1.82, 2.24) is 10.2 Å². The third kappa shape index (κ3) is 3.26. The fourth-order valence-electron chi connectivity index (χ4n) is 2.25. The standard InChI is InChI=1S/C13H17N3O3.ClH/c1-9-3-4-11(7-12(9)16(18)19)13(17)15-6-5-14-8-10(15)2;/h3-4,7,10,14H,5-6,8H2,1-2H3;1H. The fourth-order valence-corrected chi connectivity index (χ4v) is 2.25. The molecule has 1 aliphatic heterocycles. The fraction of sp³-hybridized carbons (Fsp3) is 0.462. The van der Waals surface area contributed by atoms with Gasteiger partial charge in [0, 0.05) is 42.9 Å². The number of hydrogen-bond acceptors (Lipinski definition) is 4. The molecule has 20 heavy (non-hydrogen) atoms. The van der Waals surface area contributed by atoms with Crippen LogP contribution in [0.4, 0.5) is 5.69 Å². The SMILES string of the molecule is Cc1ccc(C(=O)N2CCNCC2C)cc1[N+](=O)[O-].Cl. The average Bonchev–Trinajstić information content (AvgIpc) is 2.38. The van der Waals surface area contributed by atoms with Gasteiger partial charge in [-0.1, -0.05) is 6.07 Å². The van der Waals surface area contributed by atoms with E-state index in [4.69, 9.17) is 0 Å². The summed E-state index contributed by atoms with van der Waals surface area (Å²) in [6.07, 6.45) is 0.